The van der Waals surface area contributed by atoms with Crippen LogP contribution in [0, 0.1) is 36.5 Å². The third-order valence-corrected chi connectivity index (χ3v) is 8.08. The summed E-state index contributed by atoms with van der Waals surface area (Å²) in [5, 5.41) is 0. The van der Waals surface area contributed by atoms with Gasteiger partial charge in [-0.25, -0.2) is 4.90 Å². The Labute approximate surface area is 197 Å². The number of rotatable bonds is 4. The van der Waals surface area contributed by atoms with Gasteiger partial charge in [0.15, 0.2) is 0 Å². The molecule has 2 aliphatic carbocycles. The van der Waals surface area contributed by atoms with Gasteiger partial charge in [-0.1, -0.05) is 18.2 Å². The average Bonchev–Trinajstić information content (AvgIpc) is 3.59. The molecule has 5 atom stereocenters. The maximum atomic E-state index is 13.1. The van der Waals surface area contributed by atoms with Crippen LogP contribution in [-0.2, 0) is 19.2 Å². The van der Waals surface area contributed by atoms with Crippen LogP contribution >= 0.6 is 0 Å². The van der Waals surface area contributed by atoms with E-state index in [1.165, 1.54) is 4.90 Å². The molecule has 7 heteroatoms. The Morgan fingerprint density at radius 3 is 2.26 bits per heavy atom. The number of ether oxygens (including phenoxy) is 1. The fraction of sp³-hybridized carbons (Fsp3) is 0.407. The van der Waals surface area contributed by atoms with Gasteiger partial charge in [-0.3, -0.25) is 19.2 Å². The van der Waals surface area contributed by atoms with Crippen LogP contribution in [0.1, 0.15) is 31.2 Å². The number of para-hydroxylation sites is 1. The highest BCUT2D eigenvalue weighted by Gasteiger charge is 2.61. The number of esters is 1. The smallest absolute Gasteiger partial charge is 0.316 e. The number of nitrogens with zero attached hydrogens (tertiary/aromatic N) is 2. The lowest BCUT2D eigenvalue weighted by Crippen LogP contribution is -2.33. The fourth-order valence-electron chi connectivity index (χ4n) is 6.51. The quantitative estimate of drug-likeness (QED) is 0.398. The molecular formula is C27H26N2O5. The van der Waals surface area contributed by atoms with Gasteiger partial charge in [0.1, 0.15) is 5.75 Å². The molecular weight excluding hydrogens is 432 g/mol. The number of hydrogen-bond donors (Lipinski definition) is 0. The van der Waals surface area contributed by atoms with Crippen molar-refractivity contribution >= 4 is 35.1 Å². The lowest BCUT2D eigenvalue weighted by molar-refractivity contribution is -0.139. The Balaban J connectivity index is 1.16. The van der Waals surface area contributed by atoms with Crippen LogP contribution in [0.2, 0.25) is 0 Å². The molecule has 3 amide bonds. The van der Waals surface area contributed by atoms with Crippen LogP contribution in [0.15, 0.2) is 48.5 Å². The van der Waals surface area contributed by atoms with Crippen LogP contribution in [0.25, 0.3) is 0 Å². The summed E-state index contributed by atoms with van der Waals surface area (Å²) in [7, 11) is 0. The van der Waals surface area contributed by atoms with E-state index in [-0.39, 0.29) is 42.5 Å². The zero-order valence-corrected chi connectivity index (χ0v) is 19.0. The van der Waals surface area contributed by atoms with Crippen molar-refractivity contribution in [3.05, 3.63) is 54.1 Å². The molecule has 174 valence electrons. The van der Waals surface area contributed by atoms with E-state index < -0.39 is 11.9 Å². The maximum absolute atomic E-state index is 13.1. The van der Waals surface area contributed by atoms with Crippen molar-refractivity contribution in [1.29, 1.82) is 0 Å². The van der Waals surface area contributed by atoms with Gasteiger partial charge >= 0.3 is 5.97 Å². The second kappa shape index (κ2) is 7.79. The van der Waals surface area contributed by atoms with Gasteiger partial charge < -0.3 is 9.64 Å². The fourth-order valence-corrected chi connectivity index (χ4v) is 6.51. The van der Waals surface area contributed by atoms with Crippen LogP contribution in [-0.4, -0.2) is 30.2 Å². The van der Waals surface area contributed by atoms with Crippen molar-refractivity contribution in [2.75, 3.05) is 16.3 Å². The molecule has 0 radical (unpaired) electrons. The van der Waals surface area contributed by atoms with Crippen molar-refractivity contribution in [3.63, 3.8) is 0 Å². The number of amides is 3. The maximum Gasteiger partial charge on any atom is 0.316 e. The van der Waals surface area contributed by atoms with E-state index in [1.807, 2.05) is 37.3 Å². The van der Waals surface area contributed by atoms with Gasteiger partial charge in [0, 0.05) is 18.7 Å². The molecule has 2 aromatic carbocycles. The summed E-state index contributed by atoms with van der Waals surface area (Å²) in [5.74, 6) is -0.612. The van der Waals surface area contributed by atoms with E-state index in [0.29, 0.717) is 28.8 Å². The van der Waals surface area contributed by atoms with Gasteiger partial charge in [-0.2, -0.15) is 0 Å². The molecule has 7 nitrogen and oxygen atoms in total. The van der Waals surface area contributed by atoms with Crippen LogP contribution in [0.4, 0.5) is 11.4 Å². The van der Waals surface area contributed by atoms with E-state index in [9.17, 15) is 19.2 Å². The van der Waals surface area contributed by atoms with Crippen molar-refractivity contribution in [3.8, 4) is 5.75 Å². The van der Waals surface area contributed by atoms with Crippen molar-refractivity contribution < 1.29 is 23.9 Å². The van der Waals surface area contributed by atoms with Gasteiger partial charge in [0.2, 0.25) is 17.7 Å². The van der Waals surface area contributed by atoms with Crippen molar-refractivity contribution in [2.45, 2.75) is 32.6 Å². The van der Waals surface area contributed by atoms with Crippen LogP contribution in [0.5, 0.6) is 5.75 Å². The van der Waals surface area contributed by atoms with E-state index in [4.69, 9.17) is 4.74 Å². The largest absolute Gasteiger partial charge is 0.426 e. The molecule has 2 aromatic rings. The van der Waals surface area contributed by atoms with Gasteiger partial charge in [-0.15, -0.1) is 0 Å². The molecule has 34 heavy (non-hydrogen) atoms. The van der Waals surface area contributed by atoms with Gasteiger partial charge in [0.25, 0.3) is 0 Å². The summed E-state index contributed by atoms with van der Waals surface area (Å²) in [6.45, 7) is 2.09. The first-order valence-corrected chi connectivity index (χ1v) is 12.0. The summed E-state index contributed by atoms with van der Waals surface area (Å²) in [5.41, 5.74) is 2.03. The number of imide groups is 1. The Bertz CT molecular complexity index is 1180. The Morgan fingerprint density at radius 1 is 0.941 bits per heavy atom. The number of anilines is 2. The molecule has 2 heterocycles. The zero-order chi connectivity index (χ0) is 23.6. The SMILES string of the molecule is Cc1cc(OC(=O)[C@H]2CC(=O)N(c3ccccc3)C2)ccc1N1C(=O)[C@H]2[C@@H]3CC[C@@H](C3)[C@@H]2C1=O. The molecule has 2 saturated heterocycles. The summed E-state index contributed by atoms with van der Waals surface area (Å²) in [6.07, 6.45) is 3.18. The molecule has 2 bridgehead atoms. The minimum Gasteiger partial charge on any atom is -0.426 e. The predicted octanol–water partition coefficient (Wildman–Crippen LogP) is 3.49. The predicted molar refractivity (Wildman–Crippen MR) is 124 cm³/mol. The molecule has 4 fully saturated rings. The number of benzene rings is 2. The summed E-state index contributed by atoms with van der Waals surface area (Å²) in [6, 6.07) is 14.3. The molecule has 0 N–H and O–H groups in total. The van der Waals surface area contributed by atoms with Crippen LogP contribution in [0.3, 0.4) is 0 Å². The minimum absolute atomic E-state index is 0.0829. The Hall–Kier alpha value is -3.48. The highest BCUT2D eigenvalue weighted by atomic mass is 16.5. The van der Waals surface area contributed by atoms with Crippen LogP contribution < -0.4 is 14.5 Å². The third-order valence-electron chi connectivity index (χ3n) is 8.08. The second-order valence-electron chi connectivity index (χ2n) is 10.0. The average molecular weight is 459 g/mol. The lowest BCUT2D eigenvalue weighted by Gasteiger charge is -2.20. The highest BCUT2D eigenvalue weighted by Crippen LogP contribution is 2.56. The number of fused-ring (bicyclic) bond motifs is 5. The number of carbonyl (C=O) groups excluding carboxylic acids is 4. The third kappa shape index (κ3) is 3.17. The van der Waals surface area contributed by atoms with E-state index >= 15 is 0 Å². The monoisotopic (exact) mass is 458 g/mol. The Morgan fingerprint density at radius 2 is 1.62 bits per heavy atom. The van der Waals surface area contributed by atoms with E-state index in [1.54, 1.807) is 23.1 Å². The molecule has 0 spiro atoms. The highest BCUT2D eigenvalue weighted by molar-refractivity contribution is 6.23. The number of carbonyl (C=O) groups is 4. The number of aryl methyl sites for hydroxylation is 1. The minimum atomic E-state index is -0.552. The number of hydrogen-bond acceptors (Lipinski definition) is 5. The molecule has 0 aromatic heterocycles. The second-order valence-corrected chi connectivity index (χ2v) is 10.0. The zero-order valence-electron chi connectivity index (χ0n) is 19.0. The van der Waals surface area contributed by atoms with E-state index in [0.717, 1.165) is 24.9 Å². The van der Waals surface area contributed by atoms with Gasteiger partial charge in [-0.05, 0) is 73.9 Å². The molecule has 2 saturated carbocycles. The molecule has 6 rings (SSSR count). The topological polar surface area (TPSA) is 84.0 Å². The summed E-state index contributed by atoms with van der Waals surface area (Å²) < 4.78 is 5.60. The molecule has 0 unspecified atom stereocenters. The summed E-state index contributed by atoms with van der Waals surface area (Å²) in [4.78, 5) is 54.5. The standard InChI is InChI=1S/C27H26N2O5/c1-15-11-20(34-27(33)18-13-22(30)28(14-18)19-5-3-2-4-6-19)9-10-21(15)29-25(31)23-16-7-8-17(12-16)24(23)26(29)32/h2-6,9-11,16-18,23-24H,7-8,12-14H2,1H3/t16-,17+,18-,23-,24-/m0/s1. The summed E-state index contributed by atoms with van der Waals surface area (Å²) >= 11 is 0. The molecule has 4 aliphatic rings. The van der Waals surface area contributed by atoms with Crippen molar-refractivity contribution in [1.82, 2.24) is 0 Å². The normalized spacial score (nSPS) is 29.8. The van der Waals surface area contributed by atoms with E-state index in [2.05, 4.69) is 0 Å². The molecule has 2 aliphatic heterocycles. The first-order chi connectivity index (χ1) is 16.4. The first kappa shape index (κ1) is 21.1. The van der Waals surface area contributed by atoms with Gasteiger partial charge in [0.05, 0.1) is 23.4 Å². The Kier molecular flexibility index (Phi) is 4.83. The lowest BCUT2D eigenvalue weighted by atomic mass is 9.81. The first-order valence-electron chi connectivity index (χ1n) is 12.0. The van der Waals surface area contributed by atoms with Crippen molar-refractivity contribution in [2.24, 2.45) is 29.6 Å².